The second-order valence-corrected chi connectivity index (χ2v) is 4.85. The molecule has 0 aliphatic rings. The number of thiazole rings is 1. The van der Waals surface area contributed by atoms with Gasteiger partial charge in [-0.15, -0.1) is 11.3 Å². The van der Waals surface area contributed by atoms with E-state index in [9.17, 15) is 4.79 Å². The van der Waals surface area contributed by atoms with E-state index in [1.807, 2.05) is 26.0 Å². The van der Waals surface area contributed by atoms with Gasteiger partial charge in [-0.2, -0.15) is 0 Å². The molecular formula is C12H12N2OS. The van der Waals surface area contributed by atoms with Crippen molar-refractivity contribution in [3.8, 4) is 0 Å². The van der Waals surface area contributed by atoms with E-state index in [2.05, 4.69) is 9.97 Å². The van der Waals surface area contributed by atoms with Gasteiger partial charge < -0.3 is 0 Å². The van der Waals surface area contributed by atoms with Gasteiger partial charge in [0.1, 0.15) is 0 Å². The summed E-state index contributed by atoms with van der Waals surface area (Å²) in [5.41, 5.74) is 1.90. The van der Waals surface area contributed by atoms with Gasteiger partial charge in [-0.1, -0.05) is 6.07 Å². The predicted octanol–water partition coefficient (Wildman–Crippen LogP) is 2.58. The molecule has 2 rings (SSSR count). The van der Waals surface area contributed by atoms with Gasteiger partial charge in [-0.25, -0.2) is 4.98 Å². The molecule has 0 amide bonds. The van der Waals surface area contributed by atoms with Gasteiger partial charge in [0.25, 0.3) is 0 Å². The Labute approximate surface area is 98.2 Å². The van der Waals surface area contributed by atoms with E-state index in [4.69, 9.17) is 0 Å². The number of aryl methyl sites for hydroxylation is 2. The van der Waals surface area contributed by atoms with Crippen LogP contribution >= 0.6 is 11.3 Å². The molecule has 0 radical (unpaired) electrons. The Balaban J connectivity index is 2.17. The van der Waals surface area contributed by atoms with Crippen molar-refractivity contribution in [1.29, 1.82) is 0 Å². The summed E-state index contributed by atoms with van der Waals surface area (Å²) in [5.74, 6) is 0.0902. The van der Waals surface area contributed by atoms with Crippen LogP contribution < -0.4 is 0 Å². The lowest BCUT2D eigenvalue weighted by Crippen LogP contribution is -2.04. The van der Waals surface area contributed by atoms with Crippen molar-refractivity contribution in [3.05, 3.63) is 45.7 Å². The predicted molar refractivity (Wildman–Crippen MR) is 63.9 cm³/mol. The smallest absolute Gasteiger partial charge is 0.180 e. The van der Waals surface area contributed by atoms with Crippen molar-refractivity contribution in [2.75, 3.05) is 0 Å². The summed E-state index contributed by atoms with van der Waals surface area (Å²) in [6.45, 7) is 3.86. The molecule has 82 valence electrons. The highest BCUT2D eigenvalue weighted by molar-refractivity contribution is 7.13. The standard InChI is InChI=1S/C12H12N2OS/c1-8-4-3-5-13-10(8)6-11(15)12-7-14-9(2)16-12/h3-5,7H,6H2,1-2H3. The average Bonchev–Trinajstić information content (AvgIpc) is 2.68. The van der Waals surface area contributed by atoms with Gasteiger partial charge >= 0.3 is 0 Å². The number of Topliss-reactive ketones (excluding diaryl/α,β-unsaturated/α-hetero) is 1. The summed E-state index contributed by atoms with van der Waals surface area (Å²) in [7, 11) is 0. The van der Waals surface area contributed by atoms with Crippen LogP contribution in [-0.4, -0.2) is 15.8 Å². The molecular weight excluding hydrogens is 220 g/mol. The van der Waals surface area contributed by atoms with Gasteiger partial charge in [-0.3, -0.25) is 9.78 Å². The molecule has 2 aromatic rings. The van der Waals surface area contributed by atoms with Gasteiger partial charge in [0.15, 0.2) is 5.78 Å². The van der Waals surface area contributed by atoms with Crippen LogP contribution in [-0.2, 0) is 6.42 Å². The van der Waals surface area contributed by atoms with E-state index in [-0.39, 0.29) is 5.78 Å². The highest BCUT2D eigenvalue weighted by Gasteiger charge is 2.11. The van der Waals surface area contributed by atoms with E-state index in [1.54, 1.807) is 12.4 Å². The molecule has 0 bridgehead atoms. The number of hydrogen-bond donors (Lipinski definition) is 0. The SMILES string of the molecule is Cc1ncc(C(=O)Cc2ncccc2C)s1. The Kier molecular flexibility index (Phi) is 3.10. The third kappa shape index (κ3) is 2.33. The van der Waals surface area contributed by atoms with E-state index in [1.165, 1.54) is 11.3 Å². The molecule has 3 nitrogen and oxygen atoms in total. The van der Waals surface area contributed by atoms with E-state index in [0.29, 0.717) is 11.3 Å². The molecule has 0 aromatic carbocycles. The summed E-state index contributed by atoms with van der Waals surface area (Å²) in [5, 5.41) is 0.918. The van der Waals surface area contributed by atoms with E-state index in [0.717, 1.165) is 16.3 Å². The molecule has 0 aliphatic carbocycles. The molecule has 0 N–H and O–H groups in total. The quantitative estimate of drug-likeness (QED) is 0.764. The van der Waals surface area contributed by atoms with Crippen LogP contribution in [0.5, 0.6) is 0 Å². The van der Waals surface area contributed by atoms with Crippen molar-refractivity contribution in [2.45, 2.75) is 20.3 Å². The second kappa shape index (κ2) is 4.53. The minimum atomic E-state index is 0.0902. The molecule has 0 saturated carbocycles. The Bertz CT molecular complexity index is 519. The zero-order valence-corrected chi connectivity index (χ0v) is 10.0. The molecule has 0 spiro atoms. The van der Waals surface area contributed by atoms with Gasteiger partial charge in [0.05, 0.1) is 22.0 Å². The molecule has 0 fully saturated rings. The summed E-state index contributed by atoms with van der Waals surface area (Å²) >= 11 is 1.43. The van der Waals surface area contributed by atoms with Crippen molar-refractivity contribution in [3.63, 3.8) is 0 Å². The minimum Gasteiger partial charge on any atom is -0.293 e. The van der Waals surface area contributed by atoms with Crippen LogP contribution in [0.3, 0.4) is 0 Å². The first kappa shape index (κ1) is 11.0. The number of carbonyl (C=O) groups is 1. The fraction of sp³-hybridized carbons (Fsp3) is 0.250. The normalized spacial score (nSPS) is 10.4. The summed E-state index contributed by atoms with van der Waals surface area (Å²) < 4.78 is 0. The lowest BCUT2D eigenvalue weighted by atomic mass is 10.1. The molecule has 16 heavy (non-hydrogen) atoms. The third-order valence-corrected chi connectivity index (χ3v) is 3.30. The molecule has 0 atom stereocenters. The molecule has 0 aliphatic heterocycles. The number of ketones is 1. The monoisotopic (exact) mass is 232 g/mol. The number of rotatable bonds is 3. The Morgan fingerprint density at radius 2 is 2.19 bits per heavy atom. The average molecular weight is 232 g/mol. The maximum atomic E-state index is 11.9. The maximum absolute atomic E-state index is 11.9. The molecule has 0 unspecified atom stereocenters. The first-order valence-electron chi connectivity index (χ1n) is 5.03. The second-order valence-electron chi connectivity index (χ2n) is 3.61. The van der Waals surface area contributed by atoms with Crippen molar-refractivity contribution in [2.24, 2.45) is 0 Å². The number of carbonyl (C=O) groups excluding carboxylic acids is 1. The summed E-state index contributed by atoms with van der Waals surface area (Å²) in [4.78, 5) is 20.9. The van der Waals surface area contributed by atoms with Crippen molar-refractivity contribution in [1.82, 2.24) is 9.97 Å². The van der Waals surface area contributed by atoms with Gasteiger partial charge in [0.2, 0.25) is 0 Å². The fourth-order valence-electron chi connectivity index (χ4n) is 1.43. The lowest BCUT2D eigenvalue weighted by molar-refractivity contribution is 0.0995. The Morgan fingerprint density at radius 1 is 1.38 bits per heavy atom. The lowest BCUT2D eigenvalue weighted by Gasteiger charge is -2.01. The first-order chi connectivity index (χ1) is 7.66. The van der Waals surface area contributed by atoms with Crippen LogP contribution in [0.4, 0.5) is 0 Å². The van der Waals surface area contributed by atoms with Crippen LogP contribution in [0.2, 0.25) is 0 Å². The van der Waals surface area contributed by atoms with E-state index >= 15 is 0 Å². The summed E-state index contributed by atoms with van der Waals surface area (Å²) in [6, 6.07) is 3.84. The van der Waals surface area contributed by atoms with Crippen LogP contribution in [0.25, 0.3) is 0 Å². The third-order valence-electron chi connectivity index (χ3n) is 2.34. The van der Waals surface area contributed by atoms with Gasteiger partial charge in [0, 0.05) is 12.4 Å². The zero-order valence-electron chi connectivity index (χ0n) is 9.23. The molecule has 2 heterocycles. The first-order valence-corrected chi connectivity index (χ1v) is 5.84. The fourth-order valence-corrected chi connectivity index (χ4v) is 2.15. The molecule has 4 heteroatoms. The van der Waals surface area contributed by atoms with Crippen molar-refractivity contribution >= 4 is 17.1 Å². The highest BCUT2D eigenvalue weighted by atomic mass is 32.1. The number of pyridine rings is 1. The zero-order chi connectivity index (χ0) is 11.5. The Morgan fingerprint density at radius 3 is 2.81 bits per heavy atom. The summed E-state index contributed by atoms with van der Waals surface area (Å²) in [6.07, 6.45) is 3.71. The van der Waals surface area contributed by atoms with Crippen LogP contribution in [0, 0.1) is 13.8 Å². The van der Waals surface area contributed by atoms with E-state index < -0.39 is 0 Å². The highest BCUT2D eigenvalue weighted by Crippen LogP contribution is 2.15. The minimum absolute atomic E-state index is 0.0902. The van der Waals surface area contributed by atoms with Crippen molar-refractivity contribution < 1.29 is 4.79 Å². The number of hydrogen-bond acceptors (Lipinski definition) is 4. The topological polar surface area (TPSA) is 42.9 Å². The van der Waals surface area contributed by atoms with Gasteiger partial charge in [-0.05, 0) is 25.5 Å². The molecule has 2 aromatic heterocycles. The number of nitrogens with zero attached hydrogens (tertiary/aromatic N) is 2. The number of aromatic nitrogens is 2. The maximum Gasteiger partial charge on any atom is 0.180 e. The Hall–Kier alpha value is -1.55. The van der Waals surface area contributed by atoms with Crippen LogP contribution in [0.15, 0.2) is 24.5 Å². The van der Waals surface area contributed by atoms with Crippen LogP contribution in [0.1, 0.15) is 25.9 Å². The largest absolute Gasteiger partial charge is 0.293 e. The molecule has 0 saturated heterocycles.